The van der Waals surface area contributed by atoms with Crippen molar-refractivity contribution in [3.8, 4) is 0 Å². The average molecular weight is 355 g/mol. The lowest BCUT2D eigenvalue weighted by Crippen LogP contribution is -2.41. The number of likely N-dealkylation sites (tertiary alicyclic amines) is 1. The predicted molar refractivity (Wildman–Crippen MR) is 104 cm³/mol. The molecule has 0 spiro atoms. The van der Waals surface area contributed by atoms with Gasteiger partial charge in [-0.1, -0.05) is 30.3 Å². The topological polar surface area (TPSA) is 54.7 Å². The normalized spacial score (nSPS) is 17.7. The van der Waals surface area contributed by atoms with Gasteiger partial charge >= 0.3 is 0 Å². The van der Waals surface area contributed by atoms with Crippen molar-refractivity contribution in [2.24, 2.45) is 10.9 Å². The van der Waals surface area contributed by atoms with Crippen LogP contribution in [0.15, 0.2) is 47.7 Å². The smallest absolute Gasteiger partial charge is 0.193 e. The van der Waals surface area contributed by atoms with Crippen LogP contribution in [0, 0.1) is 12.8 Å². The Kier molecular flexibility index (Phi) is 6.66. The molecule has 0 aliphatic carbocycles. The van der Waals surface area contributed by atoms with Crippen LogP contribution in [0.4, 0.5) is 0 Å². The first-order valence-corrected chi connectivity index (χ1v) is 9.31. The Morgan fingerprint density at radius 1 is 1.35 bits per heavy atom. The monoisotopic (exact) mass is 355 g/mol. The van der Waals surface area contributed by atoms with Gasteiger partial charge < -0.3 is 15.0 Å². The lowest BCUT2D eigenvalue weighted by atomic mass is 10.1. The van der Waals surface area contributed by atoms with Crippen molar-refractivity contribution in [2.75, 3.05) is 33.3 Å². The summed E-state index contributed by atoms with van der Waals surface area (Å²) in [5.41, 5.74) is 2.42. The molecule has 2 heterocycles. The lowest BCUT2D eigenvalue weighted by Gasteiger charge is -2.21. The van der Waals surface area contributed by atoms with E-state index in [9.17, 15) is 0 Å². The van der Waals surface area contributed by atoms with Gasteiger partial charge in [-0.05, 0) is 24.5 Å². The number of guanidine groups is 1. The van der Waals surface area contributed by atoms with Gasteiger partial charge in [-0.25, -0.2) is 0 Å². The first-order chi connectivity index (χ1) is 12.7. The minimum absolute atomic E-state index is 0.561. The Labute approximate surface area is 155 Å². The maximum absolute atomic E-state index is 5.91. The summed E-state index contributed by atoms with van der Waals surface area (Å²) in [6.07, 6.45) is 5.09. The molecule has 2 aromatic rings. The molecule has 1 unspecified atom stereocenters. The van der Waals surface area contributed by atoms with E-state index < -0.39 is 0 Å². The summed E-state index contributed by atoms with van der Waals surface area (Å²) in [5, 5.41) is 7.76. The molecule has 1 atom stereocenters. The van der Waals surface area contributed by atoms with E-state index in [4.69, 9.17) is 4.74 Å². The number of benzene rings is 1. The van der Waals surface area contributed by atoms with Crippen molar-refractivity contribution >= 4 is 5.96 Å². The summed E-state index contributed by atoms with van der Waals surface area (Å²) in [6, 6.07) is 10.3. The minimum Gasteiger partial charge on any atom is -0.376 e. The highest BCUT2D eigenvalue weighted by molar-refractivity contribution is 5.80. The van der Waals surface area contributed by atoms with Crippen LogP contribution < -0.4 is 5.32 Å². The van der Waals surface area contributed by atoms with Gasteiger partial charge in [-0.2, -0.15) is 5.10 Å². The molecular weight excluding hydrogens is 326 g/mol. The van der Waals surface area contributed by atoms with Crippen molar-refractivity contribution in [2.45, 2.75) is 26.5 Å². The third-order valence-corrected chi connectivity index (χ3v) is 4.65. The molecule has 1 saturated heterocycles. The summed E-state index contributed by atoms with van der Waals surface area (Å²) >= 11 is 0. The molecule has 26 heavy (non-hydrogen) atoms. The zero-order valence-corrected chi connectivity index (χ0v) is 15.8. The molecule has 0 bridgehead atoms. The van der Waals surface area contributed by atoms with Crippen LogP contribution in [-0.4, -0.2) is 53.9 Å². The second-order valence-electron chi connectivity index (χ2n) is 6.86. The molecule has 1 aromatic carbocycles. The van der Waals surface area contributed by atoms with Crippen molar-refractivity contribution < 1.29 is 4.74 Å². The Morgan fingerprint density at radius 3 is 2.92 bits per heavy atom. The van der Waals surface area contributed by atoms with Crippen LogP contribution in [0.25, 0.3) is 0 Å². The van der Waals surface area contributed by atoms with E-state index in [-0.39, 0.29) is 0 Å². The van der Waals surface area contributed by atoms with E-state index >= 15 is 0 Å². The fourth-order valence-electron chi connectivity index (χ4n) is 3.28. The molecule has 1 aliphatic heterocycles. The second-order valence-corrected chi connectivity index (χ2v) is 6.86. The van der Waals surface area contributed by atoms with E-state index in [1.165, 1.54) is 11.1 Å². The highest BCUT2D eigenvalue weighted by Gasteiger charge is 2.24. The molecule has 140 valence electrons. The van der Waals surface area contributed by atoms with Gasteiger partial charge in [0, 0.05) is 38.8 Å². The SMILES string of the molecule is CN=C(NCCn1cc(C)cn1)N1CCC(COCc2ccccc2)C1. The number of ether oxygens (including phenoxy) is 1. The molecule has 0 amide bonds. The van der Waals surface area contributed by atoms with E-state index in [0.29, 0.717) is 12.5 Å². The number of nitrogens with zero attached hydrogens (tertiary/aromatic N) is 4. The van der Waals surface area contributed by atoms with Crippen LogP contribution in [0.1, 0.15) is 17.5 Å². The van der Waals surface area contributed by atoms with E-state index in [1.807, 2.05) is 24.0 Å². The van der Waals surface area contributed by atoms with Gasteiger partial charge in [0.15, 0.2) is 5.96 Å². The number of aryl methyl sites for hydroxylation is 1. The third-order valence-electron chi connectivity index (χ3n) is 4.65. The van der Waals surface area contributed by atoms with Crippen molar-refractivity contribution in [1.82, 2.24) is 20.0 Å². The number of nitrogens with one attached hydrogen (secondary N) is 1. The highest BCUT2D eigenvalue weighted by Crippen LogP contribution is 2.17. The van der Waals surface area contributed by atoms with Crippen LogP contribution in [0.3, 0.4) is 0 Å². The molecule has 6 heteroatoms. The first kappa shape index (κ1) is 18.5. The Hall–Kier alpha value is -2.34. The quantitative estimate of drug-likeness (QED) is 0.612. The lowest BCUT2D eigenvalue weighted by molar-refractivity contribution is 0.0907. The summed E-state index contributed by atoms with van der Waals surface area (Å²) in [6.45, 7) is 7.22. The molecule has 1 fully saturated rings. The summed E-state index contributed by atoms with van der Waals surface area (Å²) < 4.78 is 7.87. The van der Waals surface area contributed by atoms with Crippen LogP contribution in [0.5, 0.6) is 0 Å². The first-order valence-electron chi connectivity index (χ1n) is 9.31. The highest BCUT2D eigenvalue weighted by atomic mass is 16.5. The van der Waals surface area contributed by atoms with Gasteiger partial charge in [0.1, 0.15) is 0 Å². The molecule has 1 aromatic heterocycles. The Morgan fingerprint density at radius 2 is 2.19 bits per heavy atom. The summed E-state index contributed by atoms with van der Waals surface area (Å²) in [7, 11) is 1.85. The van der Waals surface area contributed by atoms with Crippen LogP contribution in [0.2, 0.25) is 0 Å². The molecule has 3 rings (SSSR count). The molecule has 1 N–H and O–H groups in total. The maximum atomic E-state index is 5.91. The number of rotatable bonds is 7. The minimum atomic E-state index is 0.561. The number of aromatic nitrogens is 2. The molecule has 1 aliphatic rings. The zero-order chi connectivity index (χ0) is 18.2. The van der Waals surface area contributed by atoms with Gasteiger partial charge in [0.2, 0.25) is 0 Å². The average Bonchev–Trinajstić information content (AvgIpc) is 3.29. The Bertz CT molecular complexity index is 697. The third kappa shape index (κ3) is 5.33. The molecule has 0 radical (unpaired) electrons. The zero-order valence-electron chi connectivity index (χ0n) is 15.8. The van der Waals surface area contributed by atoms with Gasteiger partial charge in [-0.15, -0.1) is 0 Å². The maximum Gasteiger partial charge on any atom is 0.193 e. The fraction of sp³-hybridized carbons (Fsp3) is 0.500. The number of aliphatic imine (C=N–C) groups is 1. The standard InChI is InChI=1S/C20H29N5O/c1-17-12-23-25(13-17)11-9-22-20(21-2)24-10-8-19(14-24)16-26-15-18-6-4-3-5-7-18/h3-7,12-13,19H,8-11,14-16H2,1-2H3,(H,21,22). The van der Waals surface area contributed by atoms with Gasteiger partial charge in [0.25, 0.3) is 0 Å². The summed E-state index contributed by atoms with van der Waals surface area (Å²) in [5.74, 6) is 1.53. The van der Waals surface area contributed by atoms with E-state index in [0.717, 1.165) is 45.2 Å². The largest absolute Gasteiger partial charge is 0.376 e. The van der Waals surface area contributed by atoms with Crippen molar-refractivity contribution in [1.29, 1.82) is 0 Å². The second kappa shape index (κ2) is 9.38. The molecular formula is C20H29N5O. The van der Waals surface area contributed by atoms with E-state index in [1.54, 1.807) is 0 Å². The van der Waals surface area contributed by atoms with Gasteiger partial charge in [-0.3, -0.25) is 9.67 Å². The number of hydrogen-bond acceptors (Lipinski definition) is 3. The number of hydrogen-bond donors (Lipinski definition) is 1. The van der Waals surface area contributed by atoms with Crippen LogP contribution >= 0.6 is 0 Å². The van der Waals surface area contributed by atoms with Crippen molar-refractivity contribution in [3.63, 3.8) is 0 Å². The Balaban J connectivity index is 1.37. The van der Waals surface area contributed by atoms with E-state index in [2.05, 4.69) is 57.7 Å². The van der Waals surface area contributed by atoms with Crippen molar-refractivity contribution in [3.05, 3.63) is 53.9 Å². The summed E-state index contributed by atoms with van der Waals surface area (Å²) in [4.78, 5) is 6.75. The molecule has 6 nitrogen and oxygen atoms in total. The van der Waals surface area contributed by atoms with Crippen LogP contribution in [-0.2, 0) is 17.9 Å². The fourth-order valence-corrected chi connectivity index (χ4v) is 3.28. The molecule has 0 saturated carbocycles. The predicted octanol–water partition coefficient (Wildman–Crippen LogP) is 2.31. The van der Waals surface area contributed by atoms with Gasteiger partial charge in [0.05, 0.1) is 26.0 Å².